The van der Waals surface area contributed by atoms with Crippen molar-refractivity contribution in [1.29, 1.82) is 0 Å². The molecule has 26 heavy (non-hydrogen) atoms. The van der Waals surface area contributed by atoms with Crippen molar-refractivity contribution >= 4 is 23.3 Å². The van der Waals surface area contributed by atoms with Gasteiger partial charge in [-0.2, -0.15) is 0 Å². The molecule has 4 nitrogen and oxygen atoms in total. The van der Waals surface area contributed by atoms with E-state index < -0.39 is 6.10 Å². The molecule has 2 bridgehead atoms. The Labute approximate surface area is 162 Å². The Kier molecular flexibility index (Phi) is 6.06. The molecule has 5 rings (SSSR count). The lowest BCUT2D eigenvalue weighted by Crippen LogP contribution is -2.55. The second kappa shape index (κ2) is 8.12. The summed E-state index contributed by atoms with van der Waals surface area (Å²) in [5, 5.41) is 12.2. The van der Waals surface area contributed by atoms with Crippen molar-refractivity contribution in [2.45, 2.75) is 45.3 Å². The van der Waals surface area contributed by atoms with E-state index in [0.717, 1.165) is 53.6 Å². The number of aromatic nitrogens is 1. The summed E-state index contributed by atoms with van der Waals surface area (Å²) in [7, 11) is 0. The van der Waals surface area contributed by atoms with Gasteiger partial charge in [-0.25, -0.2) is 0 Å². The lowest BCUT2D eigenvalue weighted by molar-refractivity contribution is -0.0562. The fraction of sp³-hybridized carbons (Fsp3) is 0.571. The highest BCUT2D eigenvalue weighted by molar-refractivity contribution is 5.85. The van der Waals surface area contributed by atoms with Gasteiger partial charge in [-0.15, -0.1) is 12.4 Å². The molecule has 5 atom stereocenters. The van der Waals surface area contributed by atoms with E-state index in [9.17, 15) is 5.11 Å². The largest absolute Gasteiger partial charge is 0.494 e. The second-order valence-electron chi connectivity index (χ2n) is 7.47. The van der Waals surface area contributed by atoms with Crippen LogP contribution in [0.4, 0.5) is 0 Å². The Morgan fingerprint density at radius 3 is 2.85 bits per heavy atom. The summed E-state index contributed by atoms with van der Waals surface area (Å²) in [6.07, 6.45) is 4.98. The monoisotopic (exact) mass is 376 g/mol. The lowest BCUT2D eigenvalue weighted by atomic mass is 9.72. The van der Waals surface area contributed by atoms with E-state index in [1.807, 2.05) is 37.4 Å². The number of benzene rings is 1. The number of aliphatic hydroxyl groups excluding tert-OH is 1. The summed E-state index contributed by atoms with van der Waals surface area (Å²) >= 11 is 0. The molecule has 142 valence electrons. The molecule has 2 aromatic rings. The van der Waals surface area contributed by atoms with Gasteiger partial charge >= 0.3 is 0 Å². The zero-order chi connectivity index (χ0) is 17.4. The minimum Gasteiger partial charge on any atom is -0.494 e. The number of pyridine rings is 1. The molecule has 0 aliphatic carbocycles. The fourth-order valence-electron chi connectivity index (χ4n) is 4.84. The van der Waals surface area contributed by atoms with Gasteiger partial charge in [-0.3, -0.25) is 9.88 Å². The van der Waals surface area contributed by atoms with Crippen LogP contribution in [-0.4, -0.2) is 40.7 Å². The number of rotatable bonds is 5. The van der Waals surface area contributed by atoms with Gasteiger partial charge in [0.15, 0.2) is 0 Å². The average molecular weight is 377 g/mol. The molecule has 1 N–H and O–H groups in total. The van der Waals surface area contributed by atoms with Crippen molar-refractivity contribution in [2.75, 3.05) is 19.7 Å². The first-order valence-electron chi connectivity index (χ1n) is 9.64. The van der Waals surface area contributed by atoms with Crippen LogP contribution in [0, 0.1) is 11.8 Å². The molecule has 3 saturated heterocycles. The predicted octanol–water partition coefficient (Wildman–Crippen LogP) is 4.21. The van der Waals surface area contributed by atoms with Gasteiger partial charge in [-0.05, 0) is 68.0 Å². The highest BCUT2D eigenvalue weighted by atomic mass is 35.5. The van der Waals surface area contributed by atoms with Crippen LogP contribution in [0.25, 0.3) is 10.9 Å². The quantitative estimate of drug-likeness (QED) is 0.849. The van der Waals surface area contributed by atoms with E-state index in [-0.39, 0.29) is 18.4 Å². The molecular formula is C21H29ClN2O2. The Balaban J connectivity index is 0.00000196. The Bertz CT molecular complexity index is 754. The van der Waals surface area contributed by atoms with Gasteiger partial charge in [0.25, 0.3) is 0 Å². The number of fused-ring (bicyclic) bond motifs is 4. The van der Waals surface area contributed by atoms with Crippen LogP contribution < -0.4 is 4.74 Å². The number of nitrogens with zero attached hydrogens (tertiary/aromatic N) is 2. The van der Waals surface area contributed by atoms with E-state index in [4.69, 9.17) is 4.74 Å². The van der Waals surface area contributed by atoms with Crippen molar-refractivity contribution in [3.63, 3.8) is 0 Å². The topological polar surface area (TPSA) is 45.6 Å². The second-order valence-corrected chi connectivity index (χ2v) is 7.47. The van der Waals surface area contributed by atoms with Crippen LogP contribution in [0.2, 0.25) is 0 Å². The van der Waals surface area contributed by atoms with Crippen LogP contribution in [0.15, 0.2) is 30.5 Å². The van der Waals surface area contributed by atoms with E-state index in [1.54, 1.807) is 0 Å². The highest BCUT2D eigenvalue weighted by Gasteiger charge is 2.42. The number of piperidine rings is 3. The maximum Gasteiger partial charge on any atom is 0.120 e. The van der Waals surface area contributed by atoms with Crippen LogP contribution in [0.5, 0.6) is 5.75 Å². The van der Waals surface area contributed by atoms with Crippen LogP contribution in [0.3, 0.4) is 0 Å². The van der Waals surface area contributed by atoms with E-state index in [1.165, 1.54) is 12.8 Å². The van der Waals surface area contributed by atoms with E-state index in [0.29, 0.717) is 6.61 Å². The lowest BCUT2D eigenvalue weighted by Gasteiger charge is -2.51. The zero-order valence-corrected chi connectivity index (χ0v) is 16.4. The number of halogens is 1. The summed E-state index contributed by atoms with van der Waals surface area (Å²) in [6.45, 7) is 7.18. The standard InChI is InChI=1S/C21H28N2O2.ClH/c1-3-14-13-23-10-8-15(14)11-20(23)21(24)17-7-9-22-19-6-5-16(25-4-2)12-18(17)19;/h5-7,9,12,14-15,20-21,24H,3-4,8,10-11,13H2,1-2H3;1H/t14-,15-,20-,21+;/m0./s1. The summed E-state index contributed by atoms with van der Waals surface area (Å²) in [4.78, 5) is 6.98. The molecule has 0 spiro atoms. The van der Waals surface area contributed by atoms with Gasteiger partial charge in [0.1, 0.15) is 5.75 Å². The van der Waals surface area contributed by atoms with Gasteiger partial charge in [-0.1, -0.05) is 13.3 Å². The Morgan fingerprint density at radius 1 is 1.31 bits per heavy atom. The molecule has 3 aliphatic rings. The average Bonchev–Trinajstić information content (AvgIpc) is 2.67. The Hall–Kier alpha value is -1.36. The smallest absolute Gasteiger partial charge is 0.120 e. The molecule has 5 heteroatoms. The first kappa shape index (κ1) is 19.4. The fourth-order valence-corrected chi connectivity index (χ4v) is 4.84. The third-order valence-corrected chi connectivity index (χ3v) is 6.20. The molecule has 0 saturated carbocycles. The van der Waals surface area contributed by atoms with Gasteiger partial charge in [0.05, 0.1) is 18.2 Å². The predicted molar refractivity (Wildman–Crippen MR) is 107 cm³/mol. The summed E-state index contributed by atoms with van der Waals surface area (Å²) in [5.41, 5.74) is 1.90. The SMILES string of the molecule is CCOc1ccc2nccc([C@@H](O)[C@@H]3C[C@@H]4CC[N@@]3C[C@@H]4CC)c2c1.Cl. The first-order chi connectivity index (χ1) is 12.2. The number of aliphatic hydroxyl groups is 1. The summed E-state index contributed by atoms with van der Waals surface area (Å²) in [5.74, 6) is 2.41. The van der Waals surface area contributed by atoms with Crippen LogP contribution in [-0.2, 0) is 0 Å². The molecule has 0 amide bonds. The van der Waals surface area contributed by atoms with Crippen molar-refractivity contribution in [2.24, 2.45) is 11.8 Å². The summed E-state index contributed by atoms with van der Waals surface area (Å²) < 4.78 is 5.65. The number of hydrogen-bond acceptors (Lipinski definition) is 4. The van der Waals surface area contributed by atoms with Crippen molar-refractivity contribution < 1.29 is 9.84 Å². The molecule has 0 radical (unpaired) electrons. The van der Waals surface area contributed by atoms with E-state index in [2.05, 4.69) is 16.8 Å². The minimum atomic E-state index is -0.469. The highest BCUT2D eigenvalue weighted by Crippen LogP contribution is 2.42. The molecule has 1 aromatic heterocycles. The van der Waals surface area contributed by atoms with Gasteiger partial charge < -0.3 is 9.84 Å². The van der Waals surface area contributed by atoms with Crippen molar-refractivity contribution in [1.82, 2.24) is 9.88 Å². The number of hydrogen-bond donors (Lipinski definition) is 1. The third-order valence-electron chi connectivity index (χ3n) is 6.20. The molecular weight excluding hydrogens is 348 g/mol. The molecule has 0 unspecified atom stereocenters. The number of ether oxygens (including phenoxy) is 1. The van der Waals surface area contributed by atoms with Crippen molar-refractivity contribution in [3.05, 3.63) is 36.0 Å². The first-order valence-corrected chi connectivity index (χ1v) is 9.64. The van der Waals surface area contributed by atoms with Crippen molar-refractivity contribution in [3.8, 4) is 5.75 Å². The van der Waals surface area contributed by atoms with E-state index >= 15 is 0 Å². The maximum atomic E-state index is 11.2. The normalized spacial score (nSPS) is 28.6. The summed E-state index contributed by atoms with van der Waals surface area (Å²) in [6, 6.07) is 8.16. The maximum absolute atomic E-state index is 11.2. The third kappa shape index (κ3) is 3.42. The molecule has 4 heterocycles. The minimum absolute atomic E-state index is 0. The molecule has 3 aliphatic heterocycles. The van der Waals surface area contributed by atoms with Crippen LogP contribution >= 0.6 is 12.4 Å². The Morgan fingerprint density at radius 2 is 2.15 bits per heavy atom. The van der Waals surface area contributed by atoms with Crippen LogP contribution in [0.1, 0.15) is 44.8 Å². The molecule has 3 fully saturated rings. The van der Waals surface area contributed by atoms with Gasteiger partial charge in [0.2, 0.25) is 0 Å². The van der Waals surface area contributed by atoms with Gasteiger partial charge in [0, 0.05) is 24.2 Å². The molecule has 1 aromatic carbocycles. The zero-order valence-electron chi connectivity index (χ0n) is 15.6.